The smallest absolute Gasteiger partial charge is 0.349 e. The molecule has 0 aliphatic heterocycles. The number of aromatic nitrogens is 1. The molecule has 10 nitrogen and oxygen atoms in total. The summed E-state index contributed by atoms with van der Waals surface area (Å²) in [5.74, 6) is -0.586. The maximum atomic E-state index is 12.4. The van der Waals surface area contributed by atoms with Crippen LogP contribution in [0.4, 0.5) is 4.79 Å². The van der Waals surface area contributed by atoms with Crippen molar-refractivity contribution in [3.05, 3.63) is 77.0 Å². The van der Waals surface area contributed by atoms with Gasteiger partial charge in [-0.15, -0.1) is 0 Å². The van der Waals surface area contributed by atoms with Crippen LogP contribution in [0.1, 0.15) is 22.7 Å². The molecule has 10 heteroatoms. The summed E-state index contributed by atoms with van der Waals surface area (Å²) in [4.78, 5) is 36.0. The van der Waals surface area contributed by atoms with Gasteiger partial charge >= 0.3 is 12.0 Å². The predicted octanol–water partition coefficient (Wildman–Crippen LogP) is 3.17. The van der Waals surface area contributed by atoms with E-state index in [0.717, 1.165) is 22.8 Å². The van der Waals surface area contributed by atoms with Crippen LogP contribution >= 0.6 is 0 Å². The average Bonchev–Trinajstić information content (AvgIpc) is 3.47. The Balaban J connectivity index is 1.61. The Kier molecular flexibility index (Phi) is 8.08. The molecule has 1 aromatic carbocycles. The van der Waals surface area contributed by atoms with Crippen LogP contribution in [0.3, 0.4) is 0 Å². The number of nitriles is 1. The molecule has 0 spiro atoms. The summed E-state index contributed by atoms with van der Waals surface area (Å²) >= 11 is 0. The molecule has 0 fully saturated rings. The predicted molar refractivity (Wildman–Crippen MR) is 125 cm³/mol. The number of aryl methyl sites for hydroxylation is 1. The van der Waals surface area contributed by atoms with E-state index in [1.807, 2.05) is 54.1 Å². The van der Waals surface area contributed by atoms with Gasteiger partial charge in [0.2, 0.25) is 0 Å². The minimum atomic E-state index is -0.979. The fourth-order valence-electron chi connectivity index (χ4n) is 3.35. The molecular formula is C25H24N4O6. The van der Waals surface area contributed by atoms with Crippen molar-refractivity contribution in [1.82, 2.24) is 15.2 Å². The van der Waals surface area contributed by atoms with Crippen LogP contribution in [0, 0.1) is 25.2 Å². The van der Waals surface area contributed by atoms with Crippen molar-refractivity contribution >= 4 is 24.0 Å². The third-order valence-electron chi connectivity index (χ3n) is 5.03. The summed E-state index contributed by atoms with van der Waals surface area (Å²) in [6.45, 7) is 3.12. The first-order chi connectivity index (χ1) is 16.8. The number of hydrogen-bond donors (Lipinski definition) is 2. The number of imide groups is 1. The number of carbonyl (C=O) groups is 3. The summed E-state index contributed by atoms with van der Waals surface area (Å²) in [6.07, 6.45) is 2.86. The lowest BCUT2D eigenvalue weighted by Crippen LogP contribution is -2.41. The number of nitrogens with zero attached hydrogens (tertiary/aromatic N) is 2. The van der Waals surface area contributed by atoms with Gasteiger partial charge in [0, 0.05) is 17.1 Å². The van der Waals surface area contributed by atoms with Crippen molar-refractivity contribution in [3.63, 3.8) is 0 Å². The Bertz CT molecular complexity index is 1280. The van der Waals surface area contributed by atoms with Gasteiger partial charge in [-0.25, -0.2) is 9.59 Å². The molecule has 3 aromatic rings. The molecule has 35 heavy (non-hydrogen) atoms. The Morgan fingerprint density at radius 1 is 1.17 bits per heavy atom. The van der Waals surface area contributed by atoms with Crippen LogP contribution in [-0.4, -0.2) is 36.2 Å². The summed E-state index contributed by atoms with van der Waals surface area (Å²) in [5, 5.41) is 13.9. The lowest BCUT2D eigenvalue weighted by Gasteiger charge is -2.10. The molecule has 3 amide bonds. The summed E-state index contributed by atoms with van der Waals surface area (Å²) in [6, 6.07) is 13.7. The van der Waals surface area contributed by atoms with Gasteiger partial charge in [-0.05, 0) is 68.0 Å². The second-order valence-corrected chi connectivity index (χ2v) is 7.42. The zero-order chi connectivity index (χ0) is 25.4. The molecule has 0 bridgehead atoms. The zero-order valence-corrected chi connectivity index (χ0v) is 19.5. The van der Waals surface area contributed by atoms with Crippen molar-refractivity contribution in [2.45, 2.75) is 20.4 Å². The number of carbonyl (C=O) groups excluding carboxylic acids is 3. The Hall–Kier alpha value is -4.78. The Morgan fingerprint density at radius 3 is 2.54 bits per heavy atom. The molecule has 0 atom stereocenters. The quantitative estimate of drug-likeness (QED) is 0.290. The normalized spacial score (nSPS) is 10.9. The van der Waals surface area contributed by atoms with Gasteiger partial charge in [0.05, 0.1) is 19.9 Å². The van der Waals surface area contributed by atoms with Crippen LogP contribution in [0.5, 0.6) is 5.75 Å². The molecule has 0 radical (unpaired) electrons. The standard InChI is InChI=1S/C25H24N4O6/c1-16-11-18(17(2)29(16)20-6-8-21(33-3)9-7-20)12-19(13-26)24(31)35-15-23(30)28-25(32)27-14-22-5-4-10-34-22/h4-12H,14-15H2,1-3H3,(H2,27,28,30,32). The van der Waals surface area contributed by atoms with Gasteiger partial charge in [-0.2, -0.15) is 5.26 Å². The monoisotopic (exact) mass is 476 g/mol. The van der Waals surface area contributed by atoms with Crippen molar-refractivity contribution in [1.29, 1.82) is 5.26 Å². The molecule has 2 aromatic heterocycles. The SMILES string of the molecule is COc1ccc(-n2c(C)cc(C=C(C#N)C(=O)OCC(=O)NC(=O)NCc3ccco3)c2C)cc1. The molecule has 2 heterocycles. The van der Waals surface area contributed by atoms with Crippen LogP contribution in [0.15, 0.2) is 58.7 Å². The third kappa shape index (κ3) is 6.39. The zero-order valence-electron chi connectivity index (χ0n) is 19.5. The number of ether oxygens (including phenoxy) is 2. The van der Waals surface area contributed by atoms with Crippen molar-refractivity contribution in [2.24, 2.45) is 0 Å². The highest BCUT2D eigenvalue weighted by Gasteiger charge is 2.17. The van der Waals surface area contributed by atoms with Crippen LogP contribution in [-0.2, 0) is 20.9 Å². The second kappa shape index (κ2) is 11.4. The third-order valence-corrected chi connectivity index (χ3v) is 5.03. The second-order valence-electron chi connectivity index (χ2n) is 7.42. The summed E-state index contributed by atoms with van der Waals surface area (Å²) in [7, 11) is 1.59. The number of urea groups is 1. The van der Waals surface area contributed by atoms with E-state index in [2.05, 4.69) is 5.32 Å². The van der Waals surface area contributed by atoms with Gasteiger partial charge in [0.15, 0.2) is 6.61 Å². The molecule has 180 valence electrons. The molecule has 0 unspecified atom stereocenters. The first kappa shape index (κ1) is 24.9. The maximum absolute atomic E-state index is 12.4. The highest BCUT2D eigenvalue weighted by molar-refractivity contribution is 6.00. The van der Waals surface area contributed by atoms with E-state index in [4.69, 9.17) is 13.9 Å². The maximum Gasteiger partial charge on any atom is 0.349 e. The molecule has 3 rings (SSSR count). The van der Waals surface area contributed by atoms with Gasteiger partial charge in [-0.3, -0.25) is 10.1 Å². The number of nitrogens with one attached hydrogen (secondary N) is 2. The van der Waals surface area contributed by atoms with E-state index in [0.29, 0.717) is 11.3 Å². The van der Waals surface area contributed by atoms with Crippen LogP contribution in [0.25, 0.3) is 11.8 Å². The highest BCUT2D eigenvalue weighted by Crippen LogP contribution is 2.24. The van der Waals surface area contributed by atoms with E-state index in [1.165, 1.54) is 12.3 Å². The highest BCUT2D eigenvalue weighted by atomic mass is 16.5. The summed E-state index contributed by atoms with van der Waals surface area (Å²) < 4.78 is 17.1. The number of amides is 3. The largest absolute Gasteiger partial charge is 0.497 e. The molecule has 0 saturated carbocycles. The van der Waals surface area contributed by atoms with Gasteiger partial charge in [-0.1, -0.05) is 0 Å². The average molecular weight is 476 g/mol. The first-order valence-corrected chi connectivity index (χ1v) is 10.5. The van der Waals surface area contributed by atoms with Crippen molar-refractivity contribution < 1.29 is 28.3 Å². The van der Waals surface area contributed by atoms with Crippen molar-refractivity contribution in [3.8, 4) is 17.5 Å². The molecule has 0 aliphatic rings. The molecular weight excluding hydrogens is 452 g/mol. The van der Waals surface area contributed by atoms with E-state index in [1.54, 1.807) is 25.3 Å². The number of methoxy groups -OCH3 is 1. The Labute approximate surface area is 201 Å². The van der Waals surface area contributed by atoms with E-state index >= 15 is 0 Å². The van der Waals surface area contributed by atoms with Crippen LogP contribution in [0.2, 0.25) is 0 Å². The fraction of sp³-hybridized carbons (Fsp3) is 0.200. The van der Waals surface area contributed by atoms with E-state index in [-0.39, 0.29) is 12.1 Å². The molecule has 0 aliphatic carbocycles. The number of benzene rings is 1. The fourth-order valence-corrected chi connectivity index (χ4v) is 3.35. The summed E-state index contributed by atoms with van der Waals surface area (Å²) in [5.41, 5.74) is 2.95. The molecule has 2 N–H and O–H groups in total. The lowest BCUT2D eigenvalue weighted by atomic mass is 10.1. The van der Waals surface area contributed by atoms with Gasteiger partial charge in [0.1, 0.15) is 23.2 Å². The van der Waals surface area contributed by atoms with Gasteiger partial charge in [0.25, 0.3) is 5.91 Å². The van der Waals surface area contributed by atoms with Crippen molar-refractivity contribution in [2.75, 3.05) is 13.7 Å². The van der Waals surface area contributed by atoms with Gasteiger partial charge < -0.3 is 23.8 Å². The topological polar surface area (TPSA) is 136 Å². The van der Waals surface area contributed by atoms with E-state index < -0.39 is 24.5 Å². The number of esters is 1. The first-order valence-electron chi connectivity index (χ1n) is 10.5. The minimum Gasteiger partial charge on any atom is -0.497 e. The van der Waals surface area contributed by atoms with Crippen LogP contribution < -0.4 is 15.4 Å². The number of rotatable bonds is 8. The number of hydrogen-bond acceptors (Lipinski definition) is 7. The Morgan fingerprint density at radius 2 is 1.91 bits per heavy atom. The number of furan rings is 1. The van der Waals surface area contributed by atoms with E-state index in [9.17, 15) is 19.6 Å². The molecule has 0 saturated heterocycles. The minimum absolute atomic E-state index is 0.0855. The lowest BCUT2D eigenvalue weighted by molar-refractivity contribution is -0.144.